The topological polar surface area (TPSA) is 26.5 Å². The maximum atomic E-state index is 14.2. The molecule has 4 heteroatoms. The maximum absolute atomic E-state index is 14.2. The van der Waals surface area contributed by atoms with Gasteiger partial charge in [-0.2, -0.15) is 0 Å². The van der Waals surface area contributed by atoms with Crippen molar-refractivity contribution in [3.05, 3.63) is 53.1 Å². The summed E-state index contributed by atoms with van der Waals surface area (Å²) in [5, 5.41) is 0. The molecule has 0 aliphatic heterocycles. The number of benzene rings is 1. The molecule has 0 aliphatic rings. The van der Waals surface area contributed by atoms with Crippen molar-refractivity contribution in [2.24, 2.45) is 0 Å². The molecule has 3 nitrogen and oxygen atoms in total. The zero-order chi connectivity index (χ0) is 14.7. The second kappa shape index (κ2) is 5.70. The molecule has 2 rings (SSSR count). The lowest BCUT2D eigenvalue weighted by Crippen LogP contribution is -1.99. The number of hydrogen-bond acceptors (Lipinski definition) is 2. The largest absolute Gasteiger partial charge is 0.496 e. The molecule has 0 atom stereocenters. The van der Waals surface area contributed by atoms with Gasteiger partial charge in [-0.25, -0.2) is 4.39 Å². The Bertz CT molecular complexity index is 675. The Kier molecular flexibility index (Phi) is 3.99. The lowest BCUT2D eigenvalue weighted by molar-refractivity contribution is 0.413. The highest BCUT2D eigenvalue weighted by atomic mass is 19.1. The van der Waals surface area contributed by atoms with Crippen molar-refractivity contribution in [3.63, 3.8) is 0 Å². The van der Waals surface area contributed by atoms with Crippen LogP contribution in [0.5, 0.6) is 5.75 Å². The Balaban J connectivity index is 2.77. The van der Waals surface area contributed by atoms with Crippen molar-refractivity contribution in [2.45, 2.75) is 19.8 Å². The van der Waals surface area contributed by atoms with Crippen LogP contribution in [0.25, 0.3) is 16.1 Å². The molecule has 0 saturated heterocycles. The summed E-state index contributed by atoms with van der Waals surface area (Å²) in [5.74, 6) is 0.429. The Hall–Kier alpha value is -2.41. The van der Waals surface area contributed by atoms with E-state index in [1.54, 1.807) is 18.2 Å². The van der Waals surface area contributed by atoms with Crippen molar-refractivity contribution >= 4 is 5.82 Å². The van der Waals surface area contributed by atoms with E-state index < -0.39 is 5.82 Å². The van der Waals surface area contributed by atoms with Gasteiger partial charge in [0.15, 0.2) is 5.69 Å². The van der Waals surface area contributed by atoms with E-state index in [1.807, 2.05) is 19.9 Å². The van der Waals surface area contributed by atoms with Gasteiger partial charge in [-0.3, -0.25) is 0 Å². The fourth-order valence-electron chi connectivity index (χ4n) is 2.09. The predicted molar refractivity (Wildman–Crippen MR) is 76.5 cm³/mol. The number of ether oxygens (including phenoxy) is 1. The molecule has 0 radical (unpaired) electrons. The number of hydrogen-bond donors (Lipinski definition) is 0. The van der Waals surface area contributed by atoms with Crippen molar-refractivity contribution in [1.29, 1.82) is 0 Å². The lowest BCUT2D eigenvalue weighted by Gasteiger charge is -2.12. The second-order valence-electron chi connectivity index (χ2n) is 4.69. The predicted octanol–water partition coefficient (Wildman–Crippen LogP) is 4.57. The molecule has 102 valence electrons. The number of halogens is 1. The lowest BCUT2D eigenvalue weighted by atomic mass is 9.96. The Labute approximate surface area is 117 Å². The normalized spacial score (nSPS) is 10.4. The summed E-state index contributed by atoms with van der Waals surface area (Å²) in [5.41, 5.74) is 1.67. The molecule has 0 fully saturated rings. The number of rotatable bonds is 3. The zero-order valence-corrected chi connectivity index (χ0v) is 11.6. The van der Waals surface area contributed by atoms with Crippen LogP contribution in [0.2, 0.25) is 0 Å². The first-order chi connectivity index (χ1) is 9.58. The van der Waals surface area contributed by atoms with E-state index in [4.69, 9.17) is 11.3 Å². The highest BCUT2D eigenvalue weighted by Crippen LogP contribution is 2.37. The summed E-state index contributed by atoms with van der Waals surface area (Å²) in [6.45, 7) is 11.1. The van der Waals surface area contributed by atoms with Gasteiger partial charge in [-0.1, -0.05) is 32.6 Å². The Morgan fingerprint density at radius 3 is 2.60 bits per heavy atom. The fraction of sp³-hybridized carbons (Fsp3) is 0.250. The van der Waals surface area contributed by atoms with E-state index in [2.05, 4.69) is 9.83 Å². The molecule has 0 saturated carbocycles. The van der Waals surface area contributed by atoms with Gasteiger partial charge in [0.25, 0.3) is 5.82 Å². The molecule has 1 aromatic carbocycles. The molecule has 2 aromatic rings. The highest BCUT2D eigenvalue weighted by Gasteiger charge is 2.21. The first-order valence-corrected chi connectivity index (χ1v) is 6.29. The van der Waals surface area contributed by atoms with Gasteiger partial charge in [-0.15, -0.1) is 4.98 Å². The van der Waals surface area contributed by atoms with Crippen LogP contribution in [0.4, 0.5) is 10.2 Å². The summed E-state index contributed by atoms with van der Waals surface area (Å²) < 4.78 is 19.4. The molecule has 20 heavy (non-hydrogen) atoms. The van der Waals surface area contributed by atoms with Gasteiger partial charge in [0.1, 0.15) is 17.1 Å². The standard InChI is InChI=1S/C16H15FN2O/c1-10(2)11-8-9-14(18-3)19-16(11)15-12(17)6-5-7-13(15)20-4/h5-10H,1-2,4H3. The van der Waals surface area contributed by atoms with Crippen LogP contribution in [0.1, 0.15) is 25.3 Å². The maximum Gasteiger partial charge on any atom is 0.270 e. The van der Waals surface area contributed by atoms with Crippen molar-refractivity contribution < 1.29 is 9.13 Å². The van der Waals surface area contributed by atoms with E-state index >= 15 is 0 Å². The average molecular weight is 270 g/mol. The van der Waals surface area contributed by atoms with Crippen LogP contribution < -0.4 is 4.74 Å². The molecule has 1 heterocycles. The molecule has 0 amide bonds. The Morgan fingerprint density at radius 1 is 1.25 bits per heavy atom. The van der Waals surface area contributed by atoms with Gasteiger partial charge in [0, 0.05) is 5.56 Å². The van der Waals surface area contributed by atoms with E-state index in [0.717, 1.165) is 5.56 Å². The SMILES string of the molecule is [C-]#[N+]c1ccc(C(C)C)c(-c2c(F)cccc2OC)n1. The van der Waals surface area contributed by atoms with E-state index in [9.17, 15) is 4.39 Å². The summed E-state index contributed by atoms with van der Waals surface area (Å²) in [4.78, 5) is 7.60. The molecule has 0 aliphatic carbocycles. The molecular formula is C16H15FN2O. The van der Waals surface area contributed by atoms with Gasteiger partial charge in [0.2, 0.25) is 0 Å². The minimum atomic E-state index is -0.402. The summed E-state index contributed by atoms with van der Waals surface area (Å²) in [7, 11) is 1.49. The van der Waals surface area contributed by atoms with E-state index in [1.165, 1.54) is 13.2 Å². The van der Waals surface area contributed by atoms with Gasteiger partial charge >= 0.3 is 0 Å². The van der Waals surface area contributed by atoms with Crippen molar-refractivity contribution in [3.8, 4) is 17.0 Å². The number of methoxy groups -OCH3 is 1. The second-order valence-corrected chi connectivity index (χ2v) is 4.69. The number of nitrogens with zero attached hydrogens (tertiary/aromatic N) is 2. The monoisotopic (exact) mass is 270 g/mol. The fourth-order valence-corrected chi connectivity index (χ4v) is 2.09. The number of pyridine rings is 1. The molecule has 0 N–H and O–H groups in total. The molecule has 0 unspecified atom stereocenters. The summed E-state index contributed by atoms with van der Waals surface area (Å²) >= 11 is 0. The first-order valence-electron chi connectivity index (χ1n) is 6.29. The number of aromatic nitrogens is 1. The van der Waals surface area contributed by atoms with E-state index in [-0.39, 0.29) is 11.7 Å². The third-order valence-corrected chi connectivity index (χ3v) is 3.08. The minimum absolute atomic E-state index is 0.168. The molecule has 0 bridgehead atoms. The van der Waals surface area contributed by atoms with Crippen LogP contribution in [0, 0.1) is 12.4 Å². The van der Waals surface area contributed by atoms with Crippen LogP contribution in [-0.2, 0) is 0 Å². The van der Waals surface area contributed by atoms with Gasteiger partial charge in [0.05, 0.1) is 7.11 Å². The molecular weight excluding hydrogens is 255 g/mol. The third kappa shape index (κ3) is 2.48. The van der Waals surface area contributed by atoms with Crippen LogP contribution >= 0.6 is 0 Å². The Morgan fingerprint density at radius 2 is 2.00 bits per heavy atom. The minimum Gasteiger partial charge on any atom is -0.496 e. The summed E-state index contributed by atoms with van der Waals surface area (Å²) in [6, 6.07) is 8.12. The van der Waals surface area contributed by atoms with Crippen molar-refractivity contribution in [2.75, 3.05) is 7.11 Å². The quantitative estimate of drug-likeness (QED) is 0.764. The smallest absolute Gasteiger partial charge is 0.270 e. The van der Waals surface area contributed by atoms with Gasteiger partial charge < -0.3 is 9.58 Å². The van der Waals surface area contributed by atoms with Crippen LogP contribution in [0.15, 0.2) is 30.3 Å². The zero-order valence-electron chi connectivity index (χ0n) is 11.6. The molecule has 0 spiro atoms. The van der Waals surface area contributed by atoms with E-state index in [0.29, 0.717) is 17.0 Å². The average Bonchev–Trinajstić information content (AvgIpc) is 2.46. The summed E-state index contributed by atoms with van der Waals surface area (Å²) in [6.07, 6.45) is 0. The molecule has 1 aromatic heterocycles. The highest BCUT2D eigenvalue weighted by molar-refractivity contribution is 5.72. The third-order valence-electron chi connectivity index (χ3n) is 3.08. The van der Waals surface area contributed by atoms with Gasteiger partial charge in [-0.05, 0) is 24.1 Å². The van der Waals surface area contributed by atoms with Crippen molar-refractivity contribution in [1.82, 2.24) is 4.98 Å². The van der Waals surface area contributed by atoms with Crippen LogP contribution in [-0.4, -0.2) is 12.1 Å². The first kappa shape index (κ1) is 14.0. The van der Waals surface area contributed by atoms with Crippen LogP contribution in [0.3, 0.4) is 0 Å².